The molecule has 0 aliphatic carbocycles. The minimum Gasteiger partial charge on any atom is -0.355 e. The van der Waals surface area contributed by atoms with E-state index in [4.69, 9.17) is 23.2 Å². The molecule has 3 amide bonds. The van der Waals surface area contributed by atoms with Gasteiger partial charge in [0.1, 0.15) is 11.9 Å². The van der Waals surface area contributed by atoms with E-state index >= 15 is 0 Å². The summed E-state index contributed by atoms with van der Waals surface area (Å²) in [6.07, 6.45) is 4.61. The highest BCUT2D eigenvalue weighted by atomic mass is 35.5. The molecular weight excluding hydrogens is 603 g/mol. The molecule has 228 valence electrons. The highest BCUT2D eigenvalue weighted by molar-refractivity contribution is 8.01. The van der Waals surface area contributed by atoms with Gasteiger partial charge >= 0.3 is 0 Å². The number of carbonyl (C=O) groups excluding carboxylic acids is 3. The first-order valence-corrected chi connectivity index (χ1v) is 16.7. The van der Waals surface area contributed by atoms with Gasteiger partial charge in [-0.2, -0.15) is 0 Å². The van der Waals surface area contributed by atoms with Crippen LogP contribution in [0.5, 0.6) is 0 Å². The van der Waals surface area contributed by atoms with Gasteiger partial charge in [-0.15, -0.1) is 11.8 Å². The topological polar surface area (TPSA) is 81.8 Å². The summed E-state index contributed by atoms with van der Waals surface area (Å²) in [6.45, 7) is 5.58. The van der Waals surface area contributed by atoms with Crippen molar-refractivity contribution in [1.82, 2.24) is 20.4 Å². The van der Waals surface area contributed by atoms with Crippen LogP contribution in [0.25, 0.3) is 10.8 Å². The molecule has 3 aromatic rings. The van der Waals surface area contributed by atoms with Gasteiger partial charge in [-0.05, 0) is 74.3 Å². The Morgan fingerprint density at radius 1 is 1.00 bits per heavy atom. The lowest BCUT2D eigenvalue weighted by atomic mass is 9.99. The number of likely N-dealkylation sites (tertiary alicyclic amines) is 1. The van der Waals surface area contributed by atoms with Crippen LogP contribution in [0, 0.1) is 0 Å². The Morgan fingerprint density at radius 2 is 1.77 bits per heavy atom. The first-order chi connectivity index (χ1) is 20.8. The minimum atomic E-state index is -0.650. The average molecular weight is 642 g/mol. The van der Waals surface area contributed by atoms with Crippen molar-refractivity contribution in [3.05, 3.63) is 81.8 Å². The minimum absolute atomic E-state index is 0.00569. The van der Waals surface area contributed by atoms with Crippen molar-refractivity contribution in [2.45, 2.75) is 55.7 Å². The molecule has 0 bridgehead atoms. The maximum atomic E-state index is 13.7. The van der Waals surface area contributed by atoms with E-state index in [-0.39, 0.29) is 36.7 Å². The van der Waals surface area contributed by atoms with E-state index in [1.807, 2.05) is 49.4 Å². The quantitative estimate of drug-likeness (QED) is 0.239. The average Bonchev–Trinajstić information content (AvgIpc) is 3.29. The summed E-state index contributed by atoms with van der Waals surface area (Å²) in [5.74, 6) is -0.703. The van der Waals surface area contributed by atoms with Crippen LogP contribution in [-0.2, 0) is 14.4 Å². The summed E-state index contributed by atoms with van der Waals surface area (Å²) in [5, 5.41) is 7.98. The number of hydrogen-bond donors (Lipinski definition) is 2. The van der Waals surface area contributed by atoms with Crippen LogP contribution < -0.4 is 10.6 Å². The Labute approximate surface area is 267 Å². The number of nitrogens with one attached hydrogen (secondary N) is 2. The second-order valence-corrected chi connectivity index (χ2v) is 13.4. The molecule has 2 saturated heterocycles. The van der Waals surface area contributed by atoms with Gasteiger partial charge in [-0.3, -0.25) is 14.4 Å². The third-order valence-electron chi connectivity index (χ3n) is 8.14. The van der Waals surface area contributed by atoms with Gasteiger partial charge < -0.3 is 20.4 Å². The normalized spacial score (nSPS) is 19.9. The maximum Gasteiger partial charge on any atom is 0.239 e. The fraction of sp³-hybridized carbons (Fsp3) is 0.424. The Kier molecular flexibility index (Phi) is 10.9. The molecular formula is C33H38Cl2N4O3S. The number of amides is 3. The molecule has 2 heterocycles. The van der Waals surface area contributed by atoms with Crippen LogP contribution in [0.1, 0.15) is 61.6 Å². The van der Waals surface area contributed by atoms with Crippen LogP contribution in [0.15, 0.2) is 60.7 Å². The molecule has 0 unspecified atom stereocenters. The maximum absolute atomic E-state index is 13.7. The van der Waals surface area contributed by atoms with E-state index in [1.165, 1.54) is 35.9 Å². The monoisotopic (exact) mass is 640 g/mol. The largest absolute Gasteiger partial charge is 0.355 e. The second kappa shape index (κ2) is 14.8. The van der Waals surface area contributed by atoms with Gasteiger partial charge in [0.25, 0.3) is 0 Å². The molecule has 2 fully saturated rings. The number of piperidine rings is 1. The van der Waals surface area contributed by atoms with Crippen molar-refractivity contribution in [2.75, 3.05) is 32.7 Å². The lowest BCUT2D eigenvalue weighted by Gasteiger charge is -2.26. The highest BCUT2D eigenvalue weighted by Gasteiger charge is 2.43. The Hall–Kier alpha value is -2.78. The van der Waals surface area contributed by atoms with Crippen molar-refractivity contribution >= 4 is 63.5 Å². The van der Waals surface area contributed by atoms with Crippen molar-refractivity contribution in [3.8, 4) is 0 Å². The van der Waals surface area contributed by atoms with E-state index < -0.39 is 10.6 Å². The van der Waals surface area contributed by atoms with Crippen molar-refractivity contribution in [3.63, 3.8) is 0 Å². The molecule has 3 aromatic carbocycles. The number of fused-ring (bicyclic) bond motifs is 1. The van der Waals surface area contributed by atoms with Crippen molar-refractivity contribution < 1.29 is 14.4 Å². The first-order valence-electron chi connectivity index (χ1n) is 15.0. The number of benzene rings is 3. The zero-order valence-corrected chi connectivity index (χ0v) is 26.7. The van der Waals surface area contributed by atoms with Crippen LogP contribution in [0.2, 0.25) is 10.0 Å². The Bertz CT molecular complexity index is 1460. The van der Waals surface area contributed by atoms with E-state index in [0.717, 1.165) is 42.4 Å². The van der Waals surface area contributed by atoms with Gasteiger partial charge in [-0.25, -0.2) is 0 Å². The SMILES string of the molecule is C[C@H](NC(=O)C[C@H]1S[C@H](c2ccc(Cl)cc2Cl)N(CC(=O)NCCCN2CCCCC2)C1=O)c1cccc2ccccc12. The molecule has 5 rings (SSSR count). The summed E-state index contributed by atoms with van der Waals surface area (Å²) in [4.78, 5) is 43.9. The number of nitrogens with zero attached hydrogens (tertiary/aromatic N) is 2. The third-order valence-corrected chi connectivity index (χ3v) is 10.2. The zero-order valence-electron chi connectivity index (χ0n) is 24.4. The van der Waals surface area contributed by atoms with Crippen LogP contribution in [0.3, 0.4) is 0 Å². The molecule has 0 aromatic heterocycles. The molecule has 2 aliphatic heterocycles. The molecule has 7 nitrogen and oxygen atoms in total. The van der Waals surface area contributed by atoms with Crippen molar-refractivity contribution in [1.29, 1.82) is 0 Å². The van der Waals surface area contributed by atoms with Crippen LogP contribution in [-0.4, -0.2) is 65.5 Å². The van der Waals surface area contributed by atoms with Gasteiger partial charge in [0.05, 0.1) is 11.3 Å². The number of carbonyl (C=O) groups is 3. The molecule has 3 atom stereocenters. The molecule has 2 N–H and O–H groups in total. The number of rotatable bonds is 11. The van der Waals surface area contributed by atoms with Gasteiger partial charge in [0.15, 0.2) is 0 Å². The number of thioether (sulfide) groups is 1. The standard InChI is InChI=1S/C33H38Cl2N4O3S/c1-22(25-12-7-10-23-9-3-4-11-26(23)25)37-30(40)20-29-32(42)39(33(43-29)27-14-13-24(34)19-28(27)35)21-31(41)36-15-8-18-38-16-5-2-6-17-38/h3-4,7,9-14,19,22,29,33H,2,5-6,8,15-18,20-21H2,1H3,(H,36,41)(H,37,40)/t22-,29+,33+/m0/s1. The van der Waals surface area contributed by atoms with Crippen LogP contribution >= 0.6 is 35.0 Å². The number of halogens is 2. The molecule has 43 heavy (non-hydrogen) atoms. The lowest BCUT2D eigenvalue weighted by Crippen LogP contribution is -2.42. The molecule has 10 heteroatoms. The van der Waals surface area contributed by atoms with E-state index in [1.54, 1.807) is 18.2 Å². The predicted octanol–water partition coefficient (Wildman–Crippen LogP) is 6.35. The fourth-order valence-electron chi connectivity index (χ4n) is 5.93. The van der Waals surface area contributed by atoms with Crippen molar-refractivity contribution in [2.24, 2.45) is 0 Å². The molecule has 0 spiro atoms. The van der Waals surface area contributed by atoms with Crippen LogP contribution in [0.4, 0.5) is 0 Å². The van der Waals surface area contributed by atoms with E-state index in [9.17, 15) is 14.4 Å². The smallest absolute Gasteiger partial charge is 0.239 e. The van der Waals surface area contributed by atoms with Gasteiger partial charge in [0.2, 0.25) is 17.7 Å². The fourth-order valence-corrected chi connectivity index (χ4v) is 7.99. The summed E-state index contributed by atoms with van der Waals surface area (Å²) in [7, 11) is 0. The second-order valence-electron chi connectivity index (χ2n) is 11.3. The van der Waals surface area contributed by atoms with E-state index in [0.29, 0.717) is 22.2 Å². The lowest BCUT2D eigenvalue weighted by molar-refractivity contribution is -0.136. The molecule has 0 saturated carbocycles. The van der Waals surface area contributed by atoms with E-state index in [2.05, 4.69) is 15.5 Å². The summed E-state index contributed by atoms with van der Waals surface area (Å²) < 4.78 is 0. The van der Waals surface area contributed by atoms with Gasteiger partial charge in [0, 0.05) is 28.6 Å². The number of hydrogen-bond acceptors (Lipinski definition) is 5. The first kappa shape index (κ1) is 31.6. The Morgan fingerprint density at radius 3 is 2.56 bits per heavy atom. The third kappa shape index (κ3) is 8.04. The molecule has 0 radical (unpaired) electrons. The predicted molar refractivity (Wildman–Crippen MR) is 175 cm³/mol. The zero-order chi connectivity index (χ0) is 30.3. The summed E-state index contributed by atoms with van der Waals surface area (Å²) >= 11 is 14.0. The summed E-state index contributed by atoms with van der Waals surface area (Å²) in [5.41, 5.74) is 1.70. The molecule has 2 aliphatic rings. The van der Waals surface area contributed by atoms with Gasteiger partial charge in [-0.1, -0.05) is 78.2 Å². The summed E-state index contributed by atoms with van der Waals surface area (Å²) in [6, 6.07) is 19.0. The Balaban J connectivity index is 1.23. The highest BCUT2D eigenvalue weighted by Crippen LogP contribution is 2.46.